The smallest absolute Gasteiger partial charge is 0.149 e. The highest BCUT2D eigenvalue weighted by Crippen LogP contribution is 2.24. The zero-order valence-electron chi connectivity index (χ0n) is 11.0. The van der Waals surface area contributed by atoms with Gasteiger partial charge >= 0.3 is 0 Å². The summed E-state index contributed by atoms with van der Waals surface area (Å²) in [6.45, 7) is 7.33. The Labute approximate surface area is 103 Å². The van der Waals surface area contributed by atoms with Crippen molar-refractivity contribution in [2.24, 2.45) is 5.41 Å². The van der Waals surface area contributed by atoms with Crippen LogP contribution in [0.25, 0.3) is 0 Å². The highest BCUT2D eigenvalue weighted by atomic mass is 16.2. The van der Waals surface area contributed by atoms with Crippen LogP contribution >= 0.6 is 0 Å². The number of nitrogens with one attached hydrogen (secondary N) is 1. The Kier molecular flexibility index (Phi) is 4.75. The molecule has 4 N–H and O–H groups in total. The topological polar surface area (TPSA) is 71.2 Å². The van der Waals surface area contributed by atoms with E-state index in [2.05, 4.69) is 24.1 Å². The Hall–Kier alpha value is -1.29. The number of rotatable bonds is 6. The van der Waals surface area contributed by atoms with Gasteiger partial charge < -0.3 is 16.2 Å². The fraction of sp³-hybridized carbons (Fsp3) is 0.615. The minimum Gasteiger partial charge on any atom is -0.396 e. The van der Waals surface area contributed by atoms with E-state index >= 15 is 0 Å². The van der Waals surface area contributed by atoms with Gasteiger partial charge in [-0.2, -0.15) is 0 Å². The molecule has 4 nitrogen and oxygen atoms in total. The summed E-state index contributed by atoms with van der Waals surface area (Å²) >= 11 is 0. The van der Waals surface area contributed by atoms with Gasteiger partial charge in [0, 0.05) is 18.8 Å². The molecule has 0 bridgehead atoms. The van der Waals surface area contributed by atoms with Crippen LogP contribution in [-0.4, -0.2) is 23.2 Å². The van der Waals surface area contributed by atoms with Crippen LogP contribution in [0, 0.1) is 12.3 Å². The summed E-state index contributed by atoms with van der Waals surface area (Å²) in [6, 6.07) is 3.77. The number of hydrogen-bond acceptors (Lipinski definition) is 4. The third kappa shape index (κ3) is 4.61. The van der Waals surface area contributed by atoms with Crippen molar-refractivity contribution in [1.29, 1.82) is 0 Å². The van der Waals surface area contributed by atoms with E-state index in [4.69, 9.17) is 10.8 Å². The number of nitrogens with zero attached hydrogens (tertiary/aromatic N) is 1. The largest absolute Gasteiger partial charge is 0.396 e. The minimum absolute atomic E-state index is 0.126. The molecule has 0 amide bonds. The van der Waals surface area contributed by atoms with Crippen molar-refractivity contribution in [3.8, 4) is 0 Å². The zero-order valence-corrected chi connectivity index (χ0v) is 11.0. The molecule has 0 spiro atoms. The SMILES string of the molecule is Cc1ccc(N)c(NCC(C)(C)CCCO)n1. The molecule has 4 heteroatoms. The third-order valence-corrected chi connectivity index (χ3v) is 2.81. The van der Waals surface area contributed by atoms with Gasteiger partial charge in [-0.25, -0.2) is 4.98 Å². The van der Waals surface area contributed by atoms with Crippen LogP contribution < -0.4 is 11.1 Å². The first-order chi connectivity index (χ1) is 7.94. The first-order valence-electron chi connectivity index (χ1n) is 6.02. The van der Waals surface area contributed by atoms with Crippen molar-refractivity contribution in [1.82, 2.24) is 4.98 Å². The molecule has 17 heavy (non-hydrogen) atoms. The Morgan fingerprint density at radius 1 is 1.41 bits per heavy atom. The molecule has 0 saturated heterocycles. The van der Waals surface area contributed by atoms with Crippen LogP contribution in [0.3, 0.4) is 0 Å². The van der Waals surface area contributed by atoms with Crippen molar-refractivity contribution in [2.75, 3.05) is 24.2 Å². The molecule has 0 aliphatic carbocycles. The number of pyridine rings is 1. The molecule has 0 aliphatic rings. The van der Waals surface area contributed by atoms with Crippen molar-refractivity contribution in [3.63, 3.8) is 0 Å². The number of anilines is 2. The fourth-order valence-corrected chi connectivity index (χ4v) is 1.68. The summed E-state index contributed by atoms with van der Waals surface area (Å²) in [5, 5.41) is 12.1. The molecule has 0 fully saturated rings. The summed E-state index contributed by atoms with van der Waals surface area (Å²) in [5.41, 5.74) is 7.61. The molecular formula is C13H23N3O. The maximum atomic E-state index is 8.84. The number of aromatic nitrogens is 1. The van der Waals surface area contributed by atoms with E-state index in [1.165, 1.54) is 0 Å². The van der Waals surface area contributed by atoms with E-state index in [1.54, 1.807) is 0 Å². The fourth-order valence-electron chi connectivity index (χ4n) is 1.68. The Morgan fingerprint density at radius 2 is 2.12 bits per heavy atom. The molecule has 0 unspecified atom stereocenters. The van der Waals surface area contributed by atoms with E-state index in [1.807, 2.05) is 19.1 Å². The van der Waals surface area contributed by atoms with Gasteiger partial charge in [0.25, 0.3) is 0 Å². The van der Waals surface area contributed by atoms with Gasteiger partial charge in [0.1, 0.15) is 5.82 Å². The van der Waals surface area contributed by atoms with Gasteiger partial charge in [-0.3, -0.25) is 0 Å². The first kappa shape index (κ1) is 13.8. The molecule has 0 aromatic carbocycles. The highest BCUT2D eigenvalue weighted by molar-refractivity contribution is 5.61. The molecule has 96 valence electrons. The summed E-state index contributed by atoms with van der Waals surface area (Å²) in [5.74, 6) is 0.752. The second-order valence-corrected chi connectivity index (χ2v) is 5.24. The van der Waals surface area contributed by atoms with Crippen LogP contribution in [0.15, 0.2) is 12.1 Å². The van der Waals surface area contributed by atoms with Crippen LogP contribution in [0.4, 0.5) is 11.5 Å². The normalized spacial score (nSPS) is 11.5. The van der Waals surface area contributed by atoms with Crippen molar-refractivity contribution in [2.45, 2.75) is 33.6 Å². The predicted octanol–water partition coefficient (Wildman–Crippen LogP) is 2.18. The summed E-state index contributed by atoms with van der Waals surface area (Å²) < 4.78 is 0. The lowest BCUT2D eigenvalue weighted by Gasteiger charge is -2.25. The molecule has 1 aromatic heterocycles. The average molecular weight is 237 g/mol. The number of nitrogen functional groups attached to an aromatic ring is 1. The Bertz CT molecular complexity index is 364. The second kappa shape index (κ2) is 5.87. The van der Waals surface area contributed by atoms with Crippen LogP contribution in [0.5, 0.6) is 0 Å². The van der Waals surface area contributed by atoms with Gasteiger partial charge in [0.2, 0.25) is 0 Å². The number of aliphatic hydroxyl groups excluding tert-OH is 1. The molecular weight excluding hydrogens is 214 g/mol. The molecule has 0 saturated carbocycles. The van der Waals surface area contributed by atoms with Gasteiger partial charge in [0.05, 0.1) is 5.69 Å². The van der Waals surface area contributed by atoms with E-state index in [-0.39, 0.29) is 12.0 Å². The van der Waals surface area contributed by atoms with Gasteiger partial charge in [-0.05, 0) is 37.3 Å². The van der Waals surface area contributed by atoms with Crippen molar-refractivity contribution in [3.05, 3.63) is 17.8 Å². The third-order valence-electron chi connectivity index (χ3n) is 2.81. The number of aryl methyl sites for hydroxylation is 1. The van der Waals surface area contributed by atoms with Crippen molar-refractivity contribution >= 4 is 11.5 Å². The van der Waals surface area contributed by atoms with Gasteiger partial charge in [0.15, 0.2) is 0 Å². The maximum absolute atomic E-state index is 8.84. The second-order valence-electron chi connectivity index (χ2n) is 5.24. The summed E-state index contributed by atoms with van der Waals surface area (Å²) in [6.07, 6.45) is 1.80. The van der Waals surface area contributed by atoms with Crippen LogP contribution in [0.1, 0.15) is 32.4 Å². The monoisotopic (exact) mass is 237 g/mol. The first-order valence-corrected chi connectivity index (χ1v) is 6.02. The standard InChI is InChI=1S/C13H23N3O/c1-10-5-6-11(14)12(16-10)15-9-13(2,3)7-4-8-17/h5-6,17H,4,7-9,14H2,1-3H3,(H,15,16). The lowest BCUT2D eigenvalue weighted by atomic mass is 9.88. The average Bonchev–Trinajstić information content (AvgIpc) is 2.28. The van der Waals surface area contributed by atoms with Gasteiger partial charge in [-0.15, -0.1) is 0 Å². The van der Waals surface area contributed by atoms with E-state index < -0.39 is 0 Å². The highest BCUT2D eigenvalue weighted by Gasteiger charge is 2.17. The lowest BCUT2D eigenvalue weighted by molar-refractivity contribution is 0.248. The van der Waals surface area contributed by atoms with Crippen molar-refractivity contribution < 1.29 is 5.11 Å². The van der Waals surface area contributed by atoms with E-state index in [9.17, 15) is 0 Å². The minimum atomic E-state index is 0.126. The molecule has 1 rings (SSSR count). The van der Waals surface area contributed by atoms with Crippen LogP contribution in [0.2, 0.25) is 0 Å². The molecule has 1 heterocycles. The molecule has 0 radical (unpaired) electrons. The van der Waals surface area contributed by atoms with Crippen LogP contribution in [-0.2, 0) is 0 Å². The number of nitrogens with two attached hydrogens (primary N) is 1. The number of aliphatic hydroxyl groups is 1. The maximum Gasteiger partial charge on any atom is 0.149 e. The zero-order chi connectivity index (χ0) is 12.9. The van der Waals surface area contributed by atoms with Gasteiger partial charge in [-0.1, -0.05) is 13.8 Å². The molecule has 1 aromatic rings. The Morgan fingerprint density at radius 3 is 2.76 bits per heavy atom. The lowest BCUT2D eigenvalue weighted by Crippen LogP contribution is -2.24. The predicted molar refractivity (Wildman–Crippen MR) is 72.0 cm³/mol. The summed E-state index contributed by atoms with van der Waals surface area (Å²) in [7, 11) is 0. The quantitative estimate of drug-likeness (QED) is 0.709. The summed E-state index contributed by atoms with van der Waals surface area (Å²) in [4.78, 5) is 4.37. The van der Waals surface area contributed by atoms with E-state index in [0.717, 1.165) is 30.9 Å². The molecule has 0 aliphatic heterocycles. The Balaban J connectivity index is 2.57. The number of hydrogen-bond donors (Lipinski definition) is 3. The molecule has 0 atom stereocenters. The van der Waals surface area contributed by atoms with E-state index in [0.29, 0.717) is 5.69 Å².